The highest BCUT2D eigenvalue weighted by atomic mass is 35.5. The van der Waals surface area contributed by atoms with E-state index in [1.54, 1.807) is 0 Å². The molecule has 1 rings (SSSR count). The molecule has 0 aliphatic heterocycles. The minimum atomic E-state index is 0.0392. The molecule has 0 saturated heterocycles. The minimum Gasteiger partial charge on any atom is -0.462 e. The Morgan fingerprint density at radius 1 is 1.36 bits per heavy atom. The largest absolute Gasteiger partial charge is 0.462 e. The summed E-state index contributed by atoms with van der Waals surface area (Å²) in [5.74, 6) is 0.0600. The van der Waals surface area contributed by atoms with Crippen molar-refractivity contribution in [1.29, 1.82) is 0 Å². The van der Waals surface area contributed by atoms with Crippen molar-refractivity contribution in [2.24, 2.45) is 0 Å². The molecule has 0 aliphatic rings. The first-order valence-electron chi connectivity index (χ1n) is 4.02. The molecule has 1 heterocycles. The Bertz CT molecular complexity index is 286. The van der Waals surface area contributed by atoms with Crippen LogP contribution in [0.3, 0.4) is 0 Å². The highest BCUT2D eigenvalue weighted by Crippen LogP contribution is 2.08. The van der Waals surface area contributed by atoms with E-state index in [2.05, 4.69) is 15.0 Å². The first-order chi connectivity index (χ1) is 6.58. The minimum absolute atomic E-state index is 0.0392. The normalized spacial score (nSPS) is 10.6. The SMILES string of the molecule is CN(C)CCOc1nc(N)nc(Cl)n1. The van der Waals surface area contributed by atoms with Gasteiger partial charge in [0.05, 0.1) is 0 Å². The number of hydrogen-bond acceptors (Lipinski definition) is 6. The number of ether oxygens (including phenoxy) is 1. The van der Waals surface area contributed by atoms with Gasteiger partial charge in [0.25, 0.3) is 0 Å². The molecular formula is C7H12ClN5O. The van der Waals surface area contributed by atoms with Gasteiger partial charge in [0.15, 0.2) is 0 Å². The molecular weight excluding hydrogens is 206 g/mol. The average Bonchev–Trinajstić information content (AvgIpc) is 2.01. The molecule has 0 fully saturated rings. The third-order valence-corrected chi connectivity index (χ3v) is 1.54. The van der Waals surface area contributed by atoms with Crippen molar-refractivity contribution in [2.45, 2.75) is 0 Å². The Morgan fingerprint density at radius 2 is 2.07 bits per heavy atom. The maximum absolute atomic E-state index is 5.56. The zero-order valence-corrected chi connectivity index (χ0v) is 8.82. The van der Waals surface area contributed by atoms with Gasteiger partial charge in [0.1, 0.15) is 6.61 Å². The fourth-order valence-corrected chi connectivity index (χ4v) is 0.889. The maximum atomic E-state index is 5.56. The van der Waals surface area contributed by atoms with Gasteiger partial charge in [0.2, 0.25) is 11.2 Å². The lowest BCUT2D eigenvalue weighted by Crippen LogP contribution is -2.20. The second-order valence-corrected chi connectivity index (χ2v) is 3.24. The number of hydrogen-bond donors (Lipinski definition) is 1. The lowest BCUT2D eigenvalue weighted by Gasteiger charge is -2.09. The molecule has 0 spiro atoms. The van der Waals surface area contributed by atoms with E-state index >= 15 is 0 Å². The summed E-state index contributed by atoms with van der Waals surface area (Å²) in [4.78, 5) is 13.1. The molecule has 1 aromatic rings. The van der Waals surface area contributed by atoms with Crippen molar-refractivity contribution in [3.8, 4) is 6.01 Å². The summed E-state index contributed by atoms with van der Waals surface area (Å²) in [6.45, 7) is 1.25. The van der Waals surface area contributed by atoms with Crippen LogP contribution in [-0.4, -0.2) is 47.1 Å². The molecule has 0 aromatic carbocycles. The van der Waals surface area contributed by atoms with Crippen LogP contribution in [0.15, 0.2) is 0 Å². The van der Waals surface area contributed by atoms with Gasteiger partial charge in [-0.3, -0.25) is 0 Å². The first kappa shape index (κ1) is 10.9. The third kappa shape index (κ3) is 3.71. The fraction of sp³-hybridized carbons (Fsp3) is 0.571. The van der Waals surface area contributed by atoms with Gasteiger partial charge in [-0.15, -0.1) is 0 Å². The lowest BCUT2D eigenvalue weighted by atomic mass is 10.6. The van der Waals surface area contributed by atoms with Gasteiger partial charge in [-0.05, 0) is 25.7 Å². The van der Waals surface area contributed by atoms with Crippen LogP contribution < -0.4 is 10.5 Å². The van der Waals surface area contributed by atoms with Gasteiger partial charge in [-0.1, -0.05) is 0 Å². The van der Waals surface area contributed by atoms with Crippen LogP contribution in [-0.2, 0) is 0 Å². The molecule has 0 amide bonds. The summed E-state index contributed by atoms with van der Waals surface area (Å²) >= 11 is 5.56. The molecule has 2 N–H and O–H groups in total. The molecule has 1 aromatic heterocycles. The number of halogens is 1. The lowest BCUT2D eigenvalue weighted by molar-refractivity contribution is 0.245. The van der Waals surface area contributed by atoms with Gasteiger partial charge in [-0.25, -0.2) is 0 Å². The summed E-state index contributed by atoms with van der Waals surface area (Å²) in [5, 5.41) is 0.0392. The predicted octanol–water partition coefficient (Wildman–Crippen LogP) is 0.0476. The summed E-state index contributed by atoms with van der Waals surface area (Å²) < 4.78 is 5.21. The van der Waals surface area contributed by atoms with Crippen molar-refractivity contribution < 1.29 is 4.74 Å². The molecule has 0 aliphatic carbocycles. The quantitative estimate of drug-likeness (QED) is 0.768. The van der Waals surface area contributed by atoms with E-state index in [1.807, 2.05) is 19.0 Å². The van der Waals surface area contributed by atoms with Crippen LogP contribution in [0.25, 0.3) is 0 Å². The zero-order valence-electron chi connectivity index (χ0n) is 8.07. The number of nitrogens with two attached hydrogens (primary N) is 1. The number of nitrogens with zero attached hydrogens (tertiary/aromatic N) is 4. The van der Waals surface area contributed by atoms with E-state index in [9.17, 15) is 0 Å². The molecule has 0 unspecified atom stereocenters. The Hall–Kier alpha value is -1.14. The summed E-state index contributed by atoms with van der Waals surface area (Å²) in [6.07, 6.45) is 0. The van der Waals surface area contributed by atoms with Crippen LogP contribution >= 0.6 is 11.6 Å². The number of rotatable bonds is 4. The standard InChI is InChI=1S/C7H12ClN5O/c1-13(2)3-4-14-7-11-5(8)10-6(9)12-7/h3-4H2,1-2H3,(H2,9,10,11,12). The molecule has 0 saturated carbocycles. The van der Waals surface area contributed by atoms with E-state index in [-0.39, 0.29) is 17.2 Å². The van der Waals surface area contributed by atoms with Crippen molar-refractivity contribution in [3.63, 3.8) is 0 Å². The summed E-state index contributed by atoms with van der Waals surface area (Å²) in [5.41, 5.74) is 5.35. The predicted molar refractivity (Wildman–Crippen MR) is 53.3 cm³/mol. The second-order valence-electron chi connectivity index (χ2n) is 2.90. The molecule has 6 nitrogen and oxygen atoms in total. The van der Waals surface area contributed by atoms with Gasteiger partial charge in [0, 0.05) is 6.54 Å². The number of nitrogen functional groups attached to an aromatic ring is 1. The first-order valence-corrected chi connectivity index (χ1v) is 4.40. The molecule has 0 radical (unpaired) electrons. The fourth-order valence-electron chi connectivity index (χ4n) is 0.730. The van der Waals surface area contributed by atoms with Gasteiger partial charge >= 0.3 is 6.01 Å². The molecule has 7 heteroatoms. The Kier molecular flexibility index (Phi) is 3.84. The van der Waals surface area contributed by atoms with Gasteiger partial charge in [-0.2, -0.15) is 15.0 Å². The zero-order chi connectivity index (χ0) is 10.6. The Labute approximate surface area is 87.1 Å². The van der Waals surface area contributed by atoms with Crippen molar-refractivity contribution >= 4 is 17.5 Å². The Balaban J connectivity index is 2.50. The van der Waals surface area contributed by atoms with E-state index < -0.39 is 0 Å². The van der Waals surface area contributed by atoms with Crippen molar-refractivity contribution in [3.05, 3.63) is 5.28 Å². The van der Waals surface area contributed by atoms with Crippen LogP contribution in [0.2, 0.25) is 5.28 Å². The molecule has 0 bridgehead atoms. The van der Waals surface area contributed by atoms with Crippen molar-refractivity contribution in [1.82, 2.24) is 19.9 Å². The third-order valence-electron chi connectivity index (χ3n) is 1.37. The van der Waals surface area contributed by atoms with Crippen LogP contribution in [0.5, 0.6) is 6.01 Å². The number of likely N-dealkylation sites (N-methyl/N-ethyl adjacent to an activating group) is 1. The van der Waals surface area contributed by atoms with Crippen LogP contribution in [0, 0.1) is 0 Å². The highest BCUT2D eigenvalue weighted by Gasteiger charge is 2.02. The van der Waals surface area contributed by atoms with E-state index in [4.69, 9.17) is 22.1 Å². The maximum Gasteiger partial charge on any atom is 0.322 e. The summed E-state index contributed by atoms with van der Waals surface area (Å²) in [7, 11) is 3.89. The second kappa shape index (κ2) is 4.92. The van der Waals surface area contributed by atoms with Crippen LogP contribution in [0.1, 0.15) is 0 Å². The van der Waals surface area contributed by atoms with Crippen molar-refractivity contribution in [2.75, 3.05) is 33.0 Å². The van der Waals surface area contributed by atoms with Gasteiger partial charge < -0.3 is 15.4 Å². The Morgan fingerprint density at radius 3 is 2.64 bits per heavy atom. The van der Waals surface area contributed by atoms with Crippen LogP contribution in [0.4, 0.5) is 5.95 Å². The highest BCUT2D eigenvalue weighted by molar-refractivity contribution is 6.28. The molecule has 0 atom stereocenters. The number of aromatic nitrogens is 3. The van der Waals surface area contributed by atoms with E-state index in [0.29, 0.717) is 6.61 Å². The topological polar surface area (TPSA) is 77.2 Å². The molecule has 78 valence electrons. The monoisotopic (exact) mass is 217 g/mol. The molecule has 14 heavy (non-hydrogen) atoms. The smallest absolute Gasteiger partial charge is 0.322 e. The average molecular weight is 218 g/mol. The number of anilines is 1. The summed E-state index contributed by atoms with van der Waals surface area (Å²) in [6, 6.07) is 0.157. The van der Waals surface area contributed by atoms with E-state index in [0.717, 1.165) is 6.54 Å². The van der Waals surface area contributed by atoms with E-state index in [1.165, 1.54) is 0 Å².